The van der Waals surface area contributed by atoms with Crippen molar-refractivity contribution in [1.29, 1.82) is 0 Å². The van der Waals surface area contributed by atoms with Crippen molar-refractivity contribution < 1.29 is 5.11 Å². The predicted molar refractivity (Wildman–Crippen MR) is 56.1 cm³/mol. The number of aliphatic hydroxyl groups excluding tert-OH is 1. The van der Waals surface area contributed by atoms with Gasteiger partial charge in [-0.3, -0.25) is 4.68 Å². The summed E-state index contributed by atoms with van der Waals surface area (Å²) in [5, 5.41) is 16.6. The minimum Gasteiger partial charge on any atom is -0.393 e. The molecule has 1 aromatic heterocycles. The molecule has 2 N–H and O–H groups in total. The number of nitrogens with one attached hydrogen (secondary N) is 1. The van der Waals surface area contributed by atoms with Gasteiger partial charge in [-0.1, -0.05) is 0 Å². The quantitative estimate of drug-likeness (QED) is 0.646. The van der Waals surface area contributed by atoms with Crippen LogP contribution in [0.5, 0.6) is 0 Å². The Morgan fingerprint density at radius 2 is 2.36 bits per heavy atom. The summed E-state index contributed by atoms with van der Waals surface area (Å²) in [5.41, 5.74) is 1.11. The van der Waals surface area contributed by atoms with Gasteiger partial charge in [0, 0.05) is 26.2 Å². The molecule has 0 amide bonds. The summed E-state index contributed by atoms with van der Waals surface area (Å²) in [5.74, 6) is 0. The Kier molecular flexibility index (Phi) is 4.62. The fourth-order valence-electron chi connectivity index (χ4n) is 1.25. The zero-order valence-electron chi connectivity index (χ0n) is 8.90. The summed E-state index contributed by atoms with van der Waals surface area (Å²) < 4.78 is 1.81. The Hall–Kier alpha value is -0.870. The maximum atomic E-state index is 9.02. The number of aliphatic hydroxyl groups is 1. The van der Waals surface area contributed by atoms with Crippen LogP contribution in [0.4, 0.5) is 0 Å². The lowest BCUT2D eigenvalue weighted by atomic mass is 10.2. The highest BCUT2D eigenvalue weighted by Crippen LogP contribution is 1.94. The molecule has 0 aromatic carbocycles. The highest BCUT2D eigenvalue weighted by atomic mass is 16.3. The highest BCUT2D eigenvalue weighted by molar-refractivity contribution is 4.98. The van der Waals surface area contributed by atoms with E-state index in [0.717, 1.165) is 31.6 Å². The first-order chi connectivity index (χ1) is 6.68. The number of aromatic nitrogens is 2. The lowest BCUT2D eigenvalue weighted by molar-refractivity contribution is 0.184. The Balaban J connectivity index is 2.04. The molecule has 0 aliphatic carbocycles. The molecule has 0 spiro atoms. The van der Waals surface area contributed by atoms with Gasteiger partial charge in [0.1, 0.15) is 0 Å². The number of hydrogen-bond acceptors (Lipinski definition) is 3. The van der Waals surface area contributed by atoms with Crippen LogP contribution in [-0.4, -0.2) is 34.1 Å². The average Bonchev–Trinajstić information content (AvgIpc) is 2.50. The molecule has 0 saturated heterocycles. The summed E-state index contributed by atoms with van der Waals surface area (Å²) in [6, 6.07) is 2.02. The van der Waals surface area contributed by atoms with Gasteiger partial charge in [-0.05, 0) is 26.0 Å². The third-order valence-corrected chi connectivity index (χ3v) is 2.07. The molecule has 4 nitrogen and oxygen atoms in total. The molecular formula is C10H19N3O. The van der Waals surface area contributed by atoms with Gasteiger partial charge in [0.05, 0.1) is 11.8 Å². The van der Waals surface area contributed by atoms with E-state index in [1.54, 1.807) is 6.92 Å². The van der Waals surface area contributed by atoms with Crippen LogP contribution >= 0.6 is 0 Å². The number of aryl methyl sites for hydroxylation is 1. The first kappa shape index (κ1) is 11.2. The van der Waals surface area contributed by atoms with Crippen LogP contribution in [0.15, 0.2) is 12.3 Å². The summed E-state index contributed by atoms with van der Waals surface area (Å²) in [6.07, 6.45) is 3.49. The van der Waals surface area contributed by atoms with E-state index in [1.165, 1.54) is 0 Å². The van der Waals surface area contributed by atoms with Crippen LogP contribution in [0.25, 0.3) is 0 Å². The van der Waals surface area contributed by atoms with E-state index >= 15 is 0 Å². The molecular weight excluding hydrogens is 178 g/mol. The van der Waals surface area contributed by atoms with Crippen molar-refractivity contribution in [1.82, 2.24) is 15.1 Å². The molecule has 1 unspecified atom stereocenters. The van der Waals surface area contributed by atoms with Crippen LogP contribution < -0.4 is 5.32 Å². The molecule has 1 rings (SSSR count). The van der Waals surface area contributed by atoms with Crippen LogP contribution in [-0.2, 0) is 13.5 Å². The number of nitrogens with zero attached hydrogens (tertiary/aromatic N) is 2. The number of hydrogen-bond donors (Lipinski definition) is 2. The second kappa shape index (κ2) is 5.78. The van der Waals surface area contributed by atoms with Gasteiger partial charge in [0.25, 0.3) is 0 Å². The lowest BCUT2D eigenvalue weighted by Crippen LogP contribution is -2.21. The fourth-order valence-corrected chi connectivity index (χ4v) is 1.25. The second-order valence-corrected chi connectivity index (χ2v) is 3.62. The largest absolute Gasteiger partial charge is 0.393 e. The molecule has 0 radical (unpaired) electrons. The third kappa shape index (κ3) is 4.39. The van der Waals surface area contributed by atoms with Crippen molar-refractivity contribution in [3.05, 3.63) is 18.0 Å². The van der Waals surface area contributed by atoms with Crippen LogP contribution in [0.2, 0.25) is 0 Å². The molecule has 0 fully saturated rings. The zero-order valence-corrected chi connectivity index (χ0v) is 8.90. The Morgan fingerprint density at radius 3 is 2.93 bits per heavy atom. The molecule has 1 aromatic rings. The molecule has 0 bridgehead atoms. The second-order valence-electron chi connectivity index (χ2n) is 3.62. The fraction of sp³-hybridized carbons (Fsp3) is 0.700. The molecule has 4 heteroatoms. The molecule has 0 aliphatic rings. The van der Waals surface area contributed by atoms with Gasteiger partial charge in [0.2, 0.25) is 0 Å². The van der Waals surface area contributed by atoms with Gasteiger partial charge >= 0.3 is 0 Å². The van der Waals surface area contributed by atoms with Crippen LogP contribution in [0.1, 0.15) is 19.0 Å². The zero-order chi connectivity index (χ0) is 10.4. The van der Waals surface area contributed by atoms with E-state index in [4.69, 9.17) is 5.11 Å². The smallest absolute Gasteiger partial charge is 0.0637 e. The van der Waals surface area contributed by atoms with E-state index in [-0.39, 0.29) is 6.10 Å². The number of rotatable bonds is 6. The molecule has 80 valence electrons. The molecule has 14 heavy (non-hydrogen) atoms. The lowest BCUT2D eigenvalue weighted by Gasteiger charge is -2.04. The molecule has 0 saturated carbocycles. The monoisotopic (exact) mass is 197 g/mol. The standard InChI is InChI=1S/C10H19N3O/c1-9(14)3-6-11-7-4-10-5-8-13(2)12-10/h5,8-9,11,14H,3-4,6-7H2,1-2H3. The van der Waals surface area contributed by atoms with Crippen molar-refractivity contribution in [2.24, 2.45) is 7.05 Å². The molecule has 0 aliphatic heterocycles. The minimum absolute atomic E-state index is 0.211. The third-order valence-electron chi connectivity index (χ3n) is 2.07. The SMILES string of the molecule is CC(O)CCNCCc1ccn(C)n1. The average molecular weight is 197 g/mol. The molecule has 1 atom stereocenters. The summed E-state index contributed by atoms with van der Waals surface area (Å²) in [4.78, 5) is 0. The van der Waals surface area contributed by atoms with Crippen molar-refractivity contribution in [3.63, 3.8) is 0 Å². The van der Waals surface area contributed by atoms with Crippen LogP contribution in [0, 0.1) is 0 Å². The maximum absolute atomic E-state index is 9.02. The summed E-state index contributed by atoms with van der Waals surface area (Å²) in [6.45, 7) is 3.59. The maximum Gasteiger partial charge on any atom is 0.0637 e. The van der Waals surface area contributed by atoms with Gasteiger partial charge in [0.15, 0.2) is 0 Å². The predicted octanol–water partition coefficient (Wildman–Crippen LogP) is 0.323. The van der Waals surface area contributed by atoms with E-state index in [1.807, 2.05) is 24.0 Å². The van der Waals surface area contributed by atoms with Crippen LogP contribution in [0.3, 0.4) is 0 Å². The van der Waals surface area contributed by atoms with Gasteiger partial charge < -0.3 is 10.4 Å². The topological polar surface area (TPSA) is 50.1 Å². The van der Waals surface area contributed by atoms with Gasteiger partial charge in [-0.15, -0.1) is 0 Å². The van der Waals surface area contributed by atoms with Crippen molar-refractivity contribution in [3.8, 4) is 0 Å². The highest BCUT2D eigenvalue weighted by Gasteiger charge is 1.97. The normalized spacial score (nSPS) is 13.1. The summed E-state index contributed by atoms with van der Waals surface area (Å²) >= 11 is 0. The minimum atomic E-state index is -0.211. The molecule has 1 heterocycles. The van der Waals surface area contributed by atoms with E-state index in [2.05, 4.69) is 10.4 Å². The van der Waals surface area contributed by atoms with Gasteiger partial charge in [-0.2, -0.15) is 5.10 Å². The Bertz CT molecular complexity index is 258. The van der Waals surface area contributed by atoms with Gasteiger partial charge in [-0.25, -0.2) is 0 Å². The van der Waals surface area contributed by atoms with Crippen molar-refractivity contribution >= 4 is 0 Å². The Labute approximate surface area is 84.9 Å². The van der Waals surface area contributed by atoms with E-state index in [9.17, 15) is 0 Å². The first-order valence-electron chi connectivity index (χ1n) is 5.06. The van der Waals surface area contributed by atoms with Crippen molar-refractivity contribution in [2.75, 3.05) is 13.1 Å². The first-order valence-corrected chi connectivity index (χ1v) is 5.06. The van der Waals surface area contributed by atoms with E-state index in [0.29, 0.717) is 0 Å². The van der Waals surface area contributed by atoms with E-state index < -0.39 is 0 Å². The van der Waals surface area contributed by atoms with Crippen molar-refractivity contribution in [2.45, 2.75) is 25.9 Å². The summed E-state index contributed by atoms with van der Waals surface area (Å²) in [7, 11) is 1.92. The Morgan fingerprint density at radius 1 is 1.57 bits per heavy atom.